The number of nitrogens with one attached hydrogen (secondary N) is 2. The van der Waals surface area contributed by atoms with Crippen LogP contribution in [0.3, 0.4) is 0 Å². The van der Waals surface area contributed by atoms with Crippen molar-refractivity contribution >= 4 is 40.5 Å². The van der Waals surface area contributed by atoms with E-state index in [4.69, 9.17) is 16.3 Å². The summed E-state index contributed by atoms with van der Waals surface area (Å²) in [5.41, 5.74) is -0.468. The number of nitro benzene ring substituents is 1. The minimum Gasteiger partial charge on any atom is -0.496 e. The summed E-state index contributed by atoms with van der Waals surface area (Å²) >= 11 is 6.05. The minimum absolute atomic E-state index is 0.0206. The Morgan fingerprint density at radius 1 is 1.23 bits per heavy atom. The van der Waals surface area contributed by atoms with E-state index >= 15 is 0 Å². The van der Waals surface area contributed by atoms with Crippen LogP contribution in [0.25, 0.3) is 0 Å². The fraction of sp³-hybridized carbons (Fsp3) is 0.125. The van der Waals surface area contributed by atoms with Crippen molar-refractivity contribution in [2.45, 2.75) is 6.92 Å². The molecule has 2 rings (SSSR count). The van der Waals surface area contributed by atoms with E-state index in [1.165, 1.54) is 32.2 Å². The largest absolute Gasteiger partial charge is 0.496 e. The SMILES string of the molecule is COc1cc(NC(C)=O)c(Cl)cc1C(=O)Nc1ccc(F)c([N+](=O)[O-])c1. The first-order chi connectivity index (χ1) is 12.2. The van der Waals surface area contributed by atoms with Gasteiger partial charge in [-0.3, -0.25) is 19.7 Å². The number of hydrogen-bond donors (Lipinski definition) is 2. The highest BCUT2D eigenvalue weighted by Crippen LogP contribution is 2.32. The average molecular weight is 382 g/mol. The van der Waals surface area contributed by atoms with Crippen LogP contribution < -0.4 is 15.4 Å². The van der Waals surface area contributed by atoms with Crippen molar-refractivity contribution in [1.29, 1.82) is 0 Å². The lowest BCUT2D eigenvalue weighted by atomic mass is 10.1. The highest BCUT2D eigenvalue weighted by atomic mass is 35.5. The Hall–Kier alpha value is -3.20. The van der Waals surface area contributed by atoms with E-state index in [0.29, 0.717) is 0 Å². The standard InChI is InChI=1S/C16H13ClFN3O5/c1-8(22)19-13-7-15(26-2)10(6-11(13)17)16(23)20-9-3-4-12(18)14(5-9)21(24)25/h3-7H,1-2H3,(H,19,22)(H,20,23). The maximum absolute atomic E-state index is 13.4. The Labute approximate surface area is 152 Å². The van der Waals surface area contributed by atoms with Crippen molar-refractivity contribution < 1.29 is 23.6 Å². The molecular formula is C16H13ClFN3O5. The summed E-state index contributed by atoms with van der Waals surface area (Å²) in [6, 6.07) is 5.59. The zero-order valence-corrected chi connectivity index (χ0v) is 14.4. The Morgan fingerprint density at radius 3 is 2.50 bits per heavy atom. The van der Waals surface area contributed by atoms with Crippen LogP contribution in [0.15, 0.2) is 30.3 Å². The fourth-order valence-corrected chi connectivity index (χ4v) is 2.32. The van der Waals surface area contributed by atoms with Crippen molar-refractivity contribution in [1.82, 2.24) is 0 Å². The zero-order valence-electron chi connectivity index (χ0n) is 13.6. The third-order valence-corrected chi connectivity index (χ3v) is 3.56. The summed E-state index contributed by atoms with van der Waals surface area (Å²) in [6.07, 6.45) is 0. The van der Waals surface area contributed by atoms with Gasteiger partial charge in [0, 0.05) is 24.7 Å². The molecule has 0 fully saturated rings. The molecule has 2 aromatic carbocycles. The lowest BCUT2D eigenvalue weighted by molar-refractivity contribution is -0.387. The number of amides is 2. The summed E-state index contributed by atoms with van der Waals surface area (Å²) in [6.45, 7) is 1.30. The number of rotatable bonds is 5. The molecule has 2 N–H and O–H groups in total. The molecule has 0 aliphatic carbocycles. The molecule has 0 saturated carbocycles. The summed E-state index contributed by atoms with van der Waals surface area (Å²) in [7, 11) is 1.32. The van der Waals surface area contributed by atoms with E-state index in [0.717, 1.165) is 12.1 Å². The first-order valence-electron chi connectivity index (χ1n) is 7.13. The van der Waals surface area contributed by atoms with Crippen molar-refractivity contribution in [3.63, 3.8) is 0 Å². The number of ether oxygens (including phenoxy) is 1. The highest BCUT2D eigenvalue weighted by molar-refractivity contribution is 6.34. The number of carbonyl (C=O) groups excluding carboxylic acids is 2. The van der Waals surface area contributed by atoms with Crippen molar-refractivity contribution in [3.05, 3.63) is 56.8 Å². The Bertz CT molecular complexity index is 904. The molecule has 0 aliphatic heterocycles. The number of nitrogens with zero attached hydrogens (tertiary/aromatic N) is 1. The third-order valence-electron chi connectivity index (χ3n) is 3.25. The van der Waals surface area contributed by atoms with Gasteiger partial charge in [-0.2, -0.15) is 4.39 Å². The van der Waals surface area contributed by atoms with Crippen LogP contribution in [-0.2, 0) is 4.79 Å². The van der Waals surface area contributed by atoms with Gasteiger partial charge in [-0.25, -0.2) is 0 Å². The van der Waals surface area contributed by atoms with E-state index in [2.05, 4.69) is 10.6 Å². The summed E-state index contributed by atoms with van der Waals surface area (Å²) in [5, 5.41) is 15.8. The molecule has 0 bridgehead atoms. The lowest BCUT2D eigenvalue weighted by Gasteiger charge is -2.13. The van der Waals surface area contributed by atoms with Crippen LogP contribution in [0.5, 0.6) is 5.75 Å². The van der Waals surface area contributed by atoms with Crippen LogP contribution in [0.1, 0.15) is 17.3 Å². The van der Waals surface area contributed by atoms with Crippen LogP contribution >= 0.6 is 11.6 Å². The number of hydrogen-bond acceptors (Lipinski definition) is 5. The van der Waals surface area contributed by atoms with Crippen molar-refractivity contribution in [3.8, 4) is 5.75 Å². The molecule has 2 aromatic rings. The zero-order chi connectivity index (χ0) is 19.4. The summed E-state index contributed by atoms with van der Waals surface area (Å²) in [4.78, 5) is 33.5. The molecule has 136 valence electrons. The molecule has 0 spiro atoms. The molecule has 0 aromatic heterocycles. The van der Waals surface area contributed by atoms with Gasteiger partial charge in [0.25, 0.3) is 5.91 Å². The molecule has 10 heteroatoms. The number of halogens is 2. The van der Waals surface area contributed by atoms with Crippen LogP contribution in [0.2, 0.25) is 5.02 Å². The van der Waals surface area contributed by atoms with Gasteiger partial charge in [-0.1, -0.05) is 11.6 Å². The molecule has 2 amide bonds. The molecule has 0 atom stereocenters. The Balaban J connectivity index is 2.35. The molecule has 0 saturated heterocycles. The molecule has 0 aliphatic rings. The van der Waals surface area contributed by atoms with Gasteiger partial charge in [0.1, 0.15) is 5.75 Å². The monoisotopic (exact) mass is 381 g/mol. The molecule has 0 heterocycles. The van der Waals surface area contributed by atoms with Gasteiger partial charge in [0.05, 0.1) is 28.3 Å². The van der Waals surface area contributed by atoms with Gasteiger partial charge in [-0.05, 0) is 18.2 Å². The Morgan fingerprint density at radius 2 is 1.92 bits per heavy atom. The number of anilines is 2. The van der Waals surface area contributed by atoms with E-state index < -0.39 is 22.3 Å². The predicted molar refractivity (Wildman–Crippen MR) is 93.3 cm³/mol. The summed E-state index contributed by atoms with van der Waals surface area (Å²) in [5.74, 6) is -1.94. The first-order valence-corrected chi connectivity index (χ1v) is 7.51. The first kappa shape index (κ1) is 19.1. The van der Waals surface area contributed by atoms with Crippen LogP contribution in [-0.4, -0.2) is 23.8 Å². The predicted octanol–water partition coefficient (Wildman–Crippen LogP) is 3.61. The van der Waals surface area contributed by atoms with Crippen LogP contribution in [0.4, 0.5) is 21.5 Å². The average Bonchev–Trinajstić information content (AvgIpc) is 2.57. The quantitative estimate of drug-likeness (QED) is 0.607. The summed E-state index contributed by atoms with van der Waals surface area (Å²) < 4.78 is 18.5. The number of benzene rings is 2. The van der Waals surface area contributed by atoms with E-state index in [-0.39, 0.29) is 33.6 Å². The second-order valence-electron chi connectivity index (χ2n) is 5.09. The van der Waals surface area contributed by atoms with Gasteiger partial charge >= 0.3 is 5.69 Å². The van der Waals surface area contributed by atoms with Gasteiger partial charge in [0.15, 0.2) is 0 Å². The maximum Gasteiger partial charge on any atom is 0.306 e. The van der Waals surface area contributed by atoms with E-state index in [1.807, 2.05) is 0 Å². The van der Waals surface area contributed by atoms with Crippen LogP contribution in [0, 0.1) is 15.9 Å². The normalized spacial score (nSPS) is 10.2. The minimum atomic E-state index is -1.02. The third kappa shape index (κ3) is 4.25. The van der Waals surface area contributed by atoms with Crippen molar-refractivity contribution in [2.75, 3.05) is 17.7 Å². The molecule has 0 unspecified atom stereocenters. The van der Waals surface area contributed by atoms with Crippen molar-refractivity contribution in [2.24, 2.45) is 0 Å². The van der Waals surface area contributed by atoms with Gasteiger partial charge in [-0.15, -0.1) is 0 Å². The molecular weight excluding hydrogens is 369 g/mol. The van der Waals surface area contributed by atoms with Gasteiger partial charge in [0.2, 0.25) is 11.7 Å². The second-order valence-corrected chi connectivity index (χ2v) is 5.50. The number of carbonyl (C=O) groups is 2. The smallest absolute Gasteiger partial charge is 0.306 e. The van der Waals surface area contributed by atoms with Gasteiger partial charge < -0.3 is 15.4 Å². The van der Waals surface area contributed by atoms with E-state index in [1.54, 1.807) is 0 Å². The fourth-order valence-electron chi connectivity index (χ4n) is 2.11. The lowest BCUT2D eigenvalue weighted by Crippen LogP contribution is -2.14. The topological polar surface area (TPSA) is 111 Å². The molecule has 26 heavy (non-hydrogen) atoms. The Kier molecular flexibility index (Phi) is 5.73. The number of nitro groups is 1. The highest BCUT2D eigenvalue weighted by Gasteiger charge is 2.19. The van der Waals surface area contributed by atoms with E-state index in [9.17, 15) is 24.1 Å². The second kappa shape index (κ2) is 7.79. The molecule has 8 nitrogen and oxygen atoms in total. The molecule has 0 radical (unpaired) electrons. The number of methoxy groups -OCH3 is 1. The maximum atomic E-state index is 13.4.